The summed E-state index contributed by atoms with van der Waals surface area (Å²) in [5.41, 5.74) is 1.96. The summed E-state index contributed by atoms with van der Waals surface area (Å²) in [5, 5.41) is 4.89. The lowest BCUT2D eigenvalue weighted by Crippen LogP contribution is -2.30. The second kappa shape index (κ2) is 6.71. The van der Waals surface area contributed by atoms with Crippen molar-refractivity contribution >= 4 is 28.1 Å². The van der Waals surface area contributed by atoms with Crippen molar-refractivity contribution in [1.82, 2.24) is 0 Å². The second-order valence-electron chi connectivity index (χ2n) is 5.92. The standard InChI is InChI=1S/C20H19FN2O/c1-14-7-10-19(18(21)11-14)22-20(24)13-23(2)17-9-8-15-5-3-4-6-16(15)12-17/h3-12H,13H2,1-2H3,(H,22,24). The van der Waals surface area contributed by atoms with Gasteiger partial charge in [0.2, 0.25) is 5.91 Å². The first kappa shape index (κ1) is 16.0. The molecule has 0 aliphatic carbocycles. The van der Waals surface area contributed by atoms with Gasteiger partial charge < -0.3 is 10.2 Å². The molecule has 0 saturated heterocycles. The van der Waals surface area contributed by atoms with Crippen molar-refractivity contribution in [3.8, 4) is 0 Å². The zero-order valence-electron chi connectivity index (χ0n) is 13.7. The van der Waals surface area contributed by atoms with Crippen molar-refractivity contribution in [3.63, 3.8) is 0 Å². The summed E-state index contributed by atoms with van der Waals surface area (Å²) < 4.78 is 13.8. The summed E-state index contributed by atoms with van der Waals surface area (Å²) in [6, 6.07) is 18.9. The molecular weight excluding hydrogens is 303 g/mol. The van der Waals surface area contributed by atoms with E-state index in [1.165, 1.54) is 6.07 Å². The third-order valence-corrected chi connectivity index (χ3v) is 3.95. The van der Waals surface area contributed by atoms with E-state index >= 15 is 0 Å². The monoisotopic (exact) mass is 322 g/mol. The molecule has 0 fully saturated rings. The first-order valence-corrected chi connectivity index (χ1v) is 7.79. The van der Waals surface area contributed by atoms with Crippen molar-refractivity contribution in [1.29, 1.82) is 0 Å². The first-order valence-electron chi connectivity index (χ1n) is 7.79. The fraction of sp³-hybridized carbons (Fsp3) is 0.150. The van der Waals surface area contributed by atoms with Gasteiger partial charge in [0.15, 0.2) is 0 Å². The molecule has 1 amide bonds. The van der Waals surface area contributed by atoms with Gasteiger partial charge >= 0.3 is 0 Å². The molecule has 0 atom stereocenters. The number of carbonyl (C=O) groups excluding carboxylic acids is 1. The molecule has 4 heteroatoms. The molecule has 3 nitrogen and oxygen atoms in total. The van der Waals surface area contributed by atoms with Crippen LogP contribution in [-0.2, 0) is 4.79 Å². The summed E-state index contributed by atoms with van der Waals surface area (Å²) >= 11 is 0. The highest BCUT2D eigenvalue weighted by Gasteiger charge is 2.11. The Hall–Kier alpha value is -2.88. The predicted molar refractivity (Wildman–Crippen MR) is 97.0 cm³/mol. The molecule has 3 aromatic rings. The van der Waals surface area contributed by atoms with E-state index in [1.54, 1.807) is 12.1 Å². The highest BCUT2D eigenvalue weighted by atomic mass is 19.1. The van der Waals surface area contributed by atoms with E-state index in [4.69, 9.17) is 0 Å². The highest BCUT2D eigenvalue weighted by Crippen LogP contribution is 2.21. The molecule has 0 saturated carbocycles. The third kappa shape index (κ3) is 3.54. The highest BCUT2D eigenvalue weighted by molar-refractivity contribution is 5.94. The first-order chi connectivity index (χ1) is 11.5. The molecule has 3 aromatic carbocycles. The normalized spacial score (nSPS) is 10.6. The van der Waals surface area contributed by atoms with E-state index in [0.29, 0.717) is 0 Å². The van der Waals surface area contributed by atoms with Crippen LogP contribution in [0.2, 0.25) is 0 Å². The molecule has 0 heterocycles. The molecular formula is C20H19FN2O. The van der Waals surface area contributed by atoms with Gasteiger partial charge in [0.25, 0.3) is 0 Å². The van der Waals surface area contributed by atoms with Crippen molar-refractivity contribution in [2.75, 3.05) is 23.8 Å². The van der Waals surface area contributed by atoms with Gasteiger partial charge in [0, 0.05) is 12.7 Å². The topological polar surface area (TPSA) is 32.3 Å². The van der Waals surface area contributed by atoms with Crippen molar-refractivity contribution in [2.24, 2.45) is 0 Å². The molecule has 3 rings (SSSR count). The number of anilines is 2. The Kier molecular flexibility index (Phi) is 4.47. The molecule has 0 bridgehead atoms. The zero-order chi connectivity index (χ0) is 17.1. The van der Waals surface area contributed by atoms with Gasteiger partial charge in [0.1, 0.15) is 5.82 Å². The molecule has 0 aliphatic heterocycles. The number of fused-ring (bicyclic) bond motifs is 1. The van der Waals surface area contributed by atoms with Crippen LogP contribution in [0.1, 0.15) is 5.56 Å². The minimum Gasteiger partial charge on any atom is -0.365 e. The number of amides is 1. The summed E-state index contributed by atoms with van der Waals surface area (Å²) in [7, 11) is 1.84. The van der Waals surface area contributed by atoms with Crippen LogP contribution < -0.4 is 10.2 Å². The molecule has 122 valence electrons. The van der Waals surface area contributed by atoms with E-state index in [2.05, 4.69) is 5.32 Å². The van der Waals surface area contributed by atoms with Gasteiger partial charge in [-0.1, -0.05) is 36.4 Å². The Morgan fingerprint density at radius 3 is 2.54 bits per heavy atom. The molecule has 0 spiro atoms. The number of hydrogen-bond donors (Lipinski definition) is 1. The lowest BCUT2D eigenvalue weighted by Gasteiger charge is -2.19. The summed E-state index contributed by atoms with van der Waals surface area (Å²) in [5.74, 6) is -0.676. The Balaban J connectivity index is 1.70. The lowest BCUT2D eigenvalue weighted by atomic mass is 10.1. The third-order valence-electron chi connectivity index (χ3n) is 3.95. The van der Waals surface area contributed by atoms with Gasteiger partial charge in [-0.15, -0.1) is 0 Å². The average molecular weight is 322 g/mol. The number of aryl methyl sites for hydroxylation is 1. The van der Waals surface area contributed by atoms with Crippen molar-refractivity contribution < 1.29 is 9.18 Å². The minimum absolute atomic E-state index is 0.145. The molecule has 0 unspecified atom stereocenters. The largest absolute Gasteiger partial charge is 0.365 e. The maximum absolute atomic E-state index is 13.8. The lowest BCUT2D eigenvalue weighted by molar-refractivity contribution is -0.114. The van der Waals surface area contributed by atoms with Crippen LogP contribution >= 0.6 is 0 Å². The molecule has 0 radical (unpaired) electrons. The van der Waals surface area contributed by atoms with Crippen molar-refractivity contribution in [2.45, 2.75) is 6.92 Å². The van der Waals surface area contributed by atoms with E-state index in [1.807, 2.05) is 61.3 Å². The van der Waals surface area contributed by atoms with Gasteiger partial charge in [-0.3, -0.25) is 4.79 Å². The number of carbonyl (C=O) groups is 1. The Labute approximate surface area is 140 Å². The smallest absolute Gasteiger partial charge is 0.243 e. The van der Waals surface area contributed by atoms with Crippen LogP contribution in [0.15, 0.2) is 60.7 Å². The number of nitrogens with zero attached hydrogens (tertiary/aromatic N) is 1. The Bertz CT molecular complexity index is 892. The quantitative estimate of drug-likeness (QED) is 0.774. The summed E-state index contributed by atoms with van der Waals surface area (Å²) in [6.07, 6.45) is 0. The number of halogens is 1. The van der Waals surface area contributed by atoms with Gasteiger partial charge in [-0.2, -0.15) is 0 Å². The maximum atomic E-state index is 13.8. The number of likely N-dealkylation sites (N-methyl/N-ethyl adjacent to an activating group) is 1. The van der Waals surface area contributed by atoms with Crippen LogP contribution in [0.25, 0.3) is 10.8 Å². The Morgan fingerprint density at radius 2 is 1.79 bits per heavy atom. The van der Waals surface area contributed by atoms with E-state index in [-0.39, 0.29) is 18.1 Å². The van der Waals surface area contributed by atoms with E-state index < -0.39 is 5.82 Å². The van der Waals surface area contributed by atoms with E-state index in [0.717, 1.165) is 22.0 Å². The molecule has 24 heavy (non-hydrogen) atoms. The Morgan fingerprint density at radius 1 is 1.04 bits per heavy atom. The van der Waals surface area contributed by atoms with Crippen molar-refractivity contribution in [3.05, 3.63) is 72.0 Å². The number of hydrogen-bond acceptors (Lipinski definition) is 2. The number of rotatable bonds is 4. The van der Waals surface area contributed by atoms with Gasteiger partial charge in [-0.05, 0) is 47.5 Å². The molecule has 0 aliphatic rings. The van der Waals surface area contributed by atoms with E-state index in [9.17, 15) is 9.18 Å². The van der Waals surface area contributed by atoms with Crippen LogP contribution in [0.5, 0.6) is 0 Å². The summed E-state index contributed by atoms with van der Waals surface area (Å²) in [6.45, 7) is 1.95. The summed E-state index contributed by atoms with van der Waals surface area (Å²) in [4.78, 5) is 14.0. The van der Waals surface area contributed by atoms with Crippen LogP contribution in [0, 0.1) is 12.7 Å². The fourth-order valence-corrected chi connectivity index (χ4v) is 2.63. The van der Waals surface area contributed by atoms with Gasteiger partial charge in [-0.25, -0.2) is 4.39 Å². The number of nitrogens with one attached hydrogen (secondary N) is 1. The average Bonchev–Trinajstić information content (AvgIpc) is 2.57. The fourth-order valence-electron chi connectivity index (χ4n) is 2.63. The molecule has 0 aromatic heterocycles. The number of benzene rings is 3. The van der Waals surface area contributed by atoms with Gasteiger partial charge in [0.05, 0.1) is 12.2 Å². The molecule has 1 N–H and O–H groups in total. The maximum Gasteiger partial charge on any atom is 0.243 e. The zero-order valence-corrected chi connectivity index (χ0v) is 13.7. The SMILES string of the molecule is Cc1ccc(NC(=O)CN(C)c2ccc3ccccc3c2)c(F)c1. The second-order valence-corrected chi connectivity index (χ2v) is 5.92. The van der Waals surface area contributed by atoms with Crippen LogP contribution in [0.3, 0.4) is 0 Å². The minimum atomic E-state index is -0.420. The van der Waals surface area contributed by atoms with Crippen LogP contribution in [0.4, 0.5) is 15.8 Å². The van der Waals surface area contributed by atoms with Crippen LogP contribution in [-0.4, -0.2) is 19.5 Å². The predicted octanol–water partition coefficient (Wildman–Crippen LogP) is 4.36.